The van der Waals surface area contributed by atoms with Gasteiger partial charge in [-0.25, -0.2) is 8.42 Å². The van der Waals surface area contributed by atoms with Gasteiger partial charge in [0.2, 0.25) is 15.6 Å². The van der Waals surface area contributed by atoms with Crippen molar-refractivity contribution in [3.63, 3.8) is 0 Å². The second kappa shape index (κ2) is 11.2. The van der Waals surface area contributed by atoms with E-state index in [0.29, 0.717) is 28.4 Å². The molecule has 1 aromatic heterocycles. The second-order valence-corrected chi connectivity index (χ2v) is 11.4. The Kier molecular flexibility index (Phi) is 8.04. The molecule has 0 aliphatic carbocycles. The number of sulfonamides is 1. The summed E-state index contributed by atoms with van der Waals surface area (Å²) in [7, 11) is -1.69. The molecule has 0 spiro atoms. The van der Waals surface area contributed by atoms with E-state index in [1.165, 1.54) is 10.6 Å². The van der Waals surface area contributed by atoms with Crippen molar-refractivity contribution in [2.45, 2.75) is 19.3 Å². The van der Waals surface area contributed by atoms with E-state index in [9.17, 15) is 18.4 Å². The first kappa shape index (κ1) is 27.2. The third-order valence-corrected chi connectivity index (χ3v) is 7.22. The zero-order chi connectivity index (χ0) is 27.4. The van der Waals surface area contributed by atoms with Crippen LogP contribution in [0.1, 0.15) is 34.6 Å². The number of hydrogen-bond donors (Lipinski definition) is 2. The van der Waals surface area contributed by atoms with Gasteiger partial charge in [0.15, 0.2) is 0 Å². The van der Waals surface area contributed by atoms with Crippen LogP contribution in [-0.2, 0) is 17.1 Å². The SMILES string of the molecule is Cc1cc(Cl)ccc1C(CC(=NO)c1ccc(=O)n(C)c1)c1ccc(-c2ccc(NS(C)(=O)=O)cc2)cc1. The molecule has 196 valence electrons. The molecule has 3 aromatic carbocycles. The van der Waals surface area contributed by atoms with Gasteiger partial charge in [0, 0.05) is 47.9 Å². The normalized spacial score (nSPS) is 12.8. The van der Waals surface area contributed by atoms with Crippen molar-refractivity contribution in [2.75, 3.05) is 11.0 Å². The van der Waals surface area contributed by atoms with E-state index in [0.717, 1.165) is 34.1 Å². The van der Waals surface area contributed by atoms with E-state index in [4.69, 9.17) is 11.6 Å². The van der Waals surface area contributed by atoms with E-state index < -0.39 is 10.0 Å². The third-order valence-electron chi connectivity index (χ3n) is 6.38. The molecule has 4 aromatic rings. The van der Waals surface area contributed by atoms with Gasteiger partial charge in [0.25, 0.3) is 0 Å². The quantitative estimate of drug-likeness (QED) is 0.165. The van der Waals surface area contributed by atoms with E-state index in [1.54, 1.807) is 31.4 Å². The number of aryl methyl sites for hydroxylation is 2. The molecule has 7 nitrogen and oxygen atoms in total. The van der Waals surface area contributed by atoms with Crippen molar-refractivity contribution >= 4 is 33.0 Å². The number of benzene rings is 3. The minimum absolute atomic E-state index is 0.146. The number of oxime groups is 1. The highest BCUT2D eigenvalue weighted by molar-refractivity contribution is 7.92. The molecule has 0 saturated carbocycles. The highest BCUT2D eigenvalue weighted by atomic mass is 35.5. The standard InChI is InChI=1S/C29H28ClN3O4S/c1-19-16-24(30)11-14-26(19)27(17-28(31-35)23-10-15-29(34)33(2)18-23)22-6-4-20(5-7-22)21-8-12-25(13-9-21)32-38(3,36)37/h4-16,18,27,32,35H,17H2,1-3H3. The van der Waals surface area contributed by atoms with Gasteiger partial charge in [-0.1, -0.05) is 59.2 Å². The van der Waals surface area contributed by atoms with Crippen LogP contribution in [0.25, 0.3) is 11.1 Å². The Hall–Kier alpha value is -3.88. The Morgan fingerprint density at radius 3 is 2.18 bits per heavy atom. The van der Waals surface area contributed by atoms with Crippen LogP contribution in [0.4, 0.5) is 5.69 Å². The summed E-state index contributed by atoms with van der Waals surface area (Å²) in [5.41, 5.74) is 6.46. The molecule has 4 rings (SSSR count). The lowest BCUT2D eigenvalue weighted by molar-refractivity contribution is 0.317. The Balaban J connectivity index is 1.69. The Morgan fingerprint density at radius 1 is 1.00 bits per heavy atom. The van der Waals surface area contributed by atoms with Crippen molar-refractivity contribution in [2.24, 2.45) is 12.2 Å². The number of halogens is 1. The molecule has 2 N–H and O–H groups in total. The van der Waals surface area contributed by atoms with Crippen LogP contribution in [-0.4, -0.2) is 30.2 Å². The van der Waals surface area contributed by atoms with Gasteiger partial charge in [-0.05, 0) is 65.1 Å². The third kappa shape index (κ3) is 6.51. The predicted octanol–water partition coefficient (Wildman–Crippen LogP) is 5.79. The molecule has 0 saturated heterocycles. The number of hydrogen-bond acceptors (Lipinski definition) is 5. The lowest BCUT2D eigenvalue weighted by Gasteiger charge is -2.21. The van der Waals surface area contributed by atoms with Crippen LogP contribution in [0.3, 0.4) is 0 Å². The van der Waals surface area contributed by atoms with E-state index in [2.05, 4.69) is 9.88 Å². The molecule has 0 amide bonds. The summed E-state index contributed by atoms with van der Waals surface area (Å²) in [5.74, 6) is -0.147. The smallest absolute Gasteiger partial charge is 0.250 e. The molecule has 9 heteroatoms. The zero-order valence-electron chi connectivity index (χ0n) is 21.2. The second-order valence-electron chi connectivity index (χ2n) is 9.24. The Labute approximate surface area is 227 Å². The van der Waals surface area contributed by atoms with Crippen molar-refractivity contribution < 1.29 is 13.6 Å². The van der Waals surface area contributed by atoms with Crippen molar-refractivity contribution in [1.29, 1.82) is 0 Å². The molecule has 38 heavy (non-hydrogen) atoms. The van der Waals surface area contributed by atoms with E-state index in [-0.39, 0.29) is 11.5 Å². The lowest BCUT2D eigenvalue weighted by Crippen LogP contribution is -2.18. The Bertz CT molecular complexity index is 1640. The fourth-order valence-electron chi connectivity index (χ4n) is 4.46. The summed E-state index contributed by atoms with van der Waals surface area (Å²) < 4.78 is 26.9. The number of nitrogens with one attached hydrogen (secondary N) is 1. The number of anilines is 1. The molecule has 0 bridgehead atoms. The van der Waals surface area contributed by atoms with E-state index >= 15 is 0 Å². The van der Waals surface area contributed by atoms with Gasteiger partial charge in [0.05, 0.1) is 12.0 Å². The van der Waals surface area contributed by atoms with Crippen LogP contribution >= 0.6 is 11.6 Å². The summed E-state index contributed by atoms with van der Waals surface area (Å²) in [6.07, 6.45) is 3.17. The summed E-state index contributed by atoms with van der Waals surface area (Å²) in [5, 5.41) is 14.2. The Morgan fingerprint density at radius 2 is 1.63 bits per heavy atom. The first-order valence-corrected chi connectivity index (χ1v) is 14.1. The van der Waals surface area contributed by atoms with Crippen molar-refractivity contribution in [3.8, 4) is 11.1 Å². The number of rotatable bonds is 8. The highest BCUT2D eigenvalue weighted by Gasteiger charge is 2.21. The minimum Gasteiger partial charge on any atom is -0.411 e. The monoisotopic (exact) mass is 549 g/mol. The summed E-state index contributed by atoms with van der Waals surface area (Å²) in [4.78, 5) is 11.9. The maximum absolute atomic E-state index is 11.9. The van der Waals surface area contributed by atoms with Crippen molar-refractivity contribution in [3.05, 3.63) is 123 Å². The maximum atomic E-state index is 11.9. The minimum atomic E-state index is -3.34. The van der Waals surface area contributed by atoms with Crippen LogP contribution in [0.15, 0.2) is 95.0 Å². The zero-order valence-corrected chi connectivity index (χ0v) is 22.8. The molecule has 1 atom stereocenters. The predicted molar refractivity (Wildman–Crippen MR) is 153 cm³/mol. The molecular weight excluding hydrogens is 522 g/mol. The van der Waals surface area contributed by atoms with Crippen LogP contribution < -0.4 is 10.3 Å². The summed E-state index contributed by atoms with van der Waals surface area (Å²) in [6.45, 7) is 2.00. The largest absolute Gasteiger partial charge is 0.411 e. The van der Waals surface area contributed by atoms with Crippen LogP contribution in [0, 0.1) is 6.92 Å². The number of nitrogens with zero attached hydrogens (tertiary/aromatic N) is 2. The molecule has 0 radical (unpaired) electrons. The maximum Gasteiger partial charge on any atom is 0.250 e. The molecular formula is C29H28ClN3O4S. The topological polar surface area (TPSA) is 101 Å². The fraction of sp³-hybridized carbons (Fsp3) is 0.172. The summed E-state index contributed by atoms with van der Waals surface area (Å²) >= 11 is 6.23. The van der Waals surface area contributed by atoms with Crippen LogP contribution in [0.2, 0.25) is 5.02 Å². The van der Waals surface area contributed by atoms with Gasteiger partial charge in [0.1, 0.15) is 0 Å². The molecule has 0 fully saturated rings. The average Bonchev–Trinajstić information content (AvgIpc) is 2.87. The molecule has 1 unspecified atom stereocenters. The molecule has 0 aliphatic heterocycles. The van der Waals surface area contributed by atoms with Gasteiger partial charge in [-0.15, -0.1) is 0 Å². The van der Waals surface area contributed by atoms with E-state index in [1.807, 2.05) is 61.5 Å². The fourth-order valence-corrected chi connectivity index (χ4v) is 5.26. The molecule has 0 aliphatic rings. The van der Waals surface area contributed by atoms with Gasteiger partial charge in [-0.3, -0.25) is 9.52 Å². The molecule has 1 heterocycles. The van der Waals surface area contributed by atoms with Gasteiger partial charge >= 0.3 is 0 Å². The first-order valence-electron chi connectivity index (χ1n) is 11.9. The number of aromatic nitrogens is 1. The van der Waals surface area contributed by atoms with Crippen molar-refractivity contribution in [1.82, 2.24) is 4.57 Å². The first-order chi connectivity index (χ1) is 18.0. The van der Waals surface area contributed by atoms with Gasteiger partial charge < -0.3 is 9.77 Å². The highest BCUT2D eigenvalue weighted by Crippen LogP contribution is 2.34. The van der Waals surface area contributed by atoms with Crippen LogP contribution in [0.5, 0.6) is 0 Å². The lowest BCUT2D eigenvalue weighted by atomic mass is 9.83. The van der Waals surface area contributed by atoms with Gasteiger partial charge in [-0.2, -0.15) is 0 Å². The summed E-state index contributed by atoms with van der Waals surface area (Å²) in [6, 6.07) is 24.1. The number of pyridine rings is 1. The average molecular weight is 550 g/mol.